The van der Waals surface area contributed by atoms with Crippen molar-refractivity contribution in [2.45, 2.75) is 0 Å². The predicted octanol–water partition coefficient (Wildman–Crippen LogP) is 3.66. The maximum absolute atomic E-state index is 13.7. The van der Waals surface area contributed by atoms with Crippen LogP contribution in [-0.4, -0.2) is 17.1 Å². The average molecular weight is 287 g/mol. The Hall–Kier alpha value is -2.76. The first-order valence-electron chi connectivity index (χ1n) is 6.19. The summed E-state index contributed by atoms with van der Waals surface area (Å²) in [5.41, 5.74) is 0.394. The molecular formula is C15H11F2N3O. The van der Waals surface area contributed by atoms with Crippen LogP contribution in [0.3, 0.4) is 0 Å². The number of rotatable bonds is 3. The Morgan fingerprint density at radius 2 is 1.81 bits per heavy atom. The average Bonchev–Trinajstić information content (AvgIpc) is 2.50. The molecule has 0 saturated carbocycles. The first kappa shape index (κ1) is 13.2. The van der Waals surface area contributed by atoms with E-state index in [1.165, 1.54) is 31.6 Å². The molecule has 0 unspecified atom stereocenters. The second-order valence-corrected chi connectivity index (χ2v) is 4.33. The highest BCUT2D eigenvalue weighted by Crippen LogP contribution is 2.28. The van der Waals surface area contributed by atoms with Crippen LogP contribution in [0.2, 0.25) is 0 Å². The van der Waals surface area contributed by atoms with Crippen molar-refractivity contribution in [3.8, 4) is 5.75 Å². The maximum atomic E-state index is 13.7. The second-order valence-electron chi connectivity index (χ2n) is 4.33. The first-order chi connectivity index (χ1) is 10.2. The summed E-state index contributed by atoms with van der Waals surface area (Å²) in [7, 11) is 1.54. The predicted molar refractivity (Wildman–Crippen MR) is 75.7 cm³/mol. The highest BCUT2D eigenvalue weighted by Gasteiger charge is 2.12. The SMILES string of the molecule is COc1ccc2ncnc(Nc3c(F)cccc3F)c2c1. The van der Waals surface area contributed by atoms with E-state index in [0.717, 1.165) is 0 Å². The monoisotopic (exact) mass is 287 g/mol. The summed E-state index contributed by atoms with van der Waals surface area (Å²) in [5, 5.41) is 3.29. The van der Waals surface area contributed by atoms with Crippen LogP contribution in [0.25, 0.3) is 10.9 Å². The van der Waals surface area contributed by atoms with Crippen molar-refractivity contribution in [3.05, 3.63) is 54.4 Å². The van der Waals surface area contributed by atoms with Gasteiger partial charge in [-0.05, 0) is 30.3 Å². The molecule has 1 heterocycles. The number of para-hydroxylation sites is 1. The van der Waals surface area contributed by atoms with Gasteiger partial charge in [-0.1, -0.05) is 6.07 Å². The fraction of sp³-hybridized carbons (Fsp3) is 0.0667. The van der Waals surface area contributed by atoms with Crippen molar-refractivity contribution in [2.24, 2.45) is 0 Å². The van der Waals surface area contributed by atoms with Crippen molar-refractivity contribution in [1.29, 1.82) is 0 Å². The number of methoxy groups -OCH3 is 1. The zero-order valence-corrected chi connectivity index (χ0v) is 11.1. The fourth-order valence-corrected chi connectivity index (χ4v) is 2.00. The lowest BCUT2D eigenvalue weighted by molar-refractivity contribution is 0.415. The van der Waals surface area contributed by atoms with Gasteiger partial charge in [-0.3, -0.25) is 0 Å². The summed E-state index contributed by atoms with van der Waals surface area (Å²) in [6.45, 7) is 0. The largest absolute Gasteiger partial charge is 0.497 e. The normalized spacial score (nSPS) is 10.6. The number of hydrogen-bond acceptors (Lipinski definition) is 4. The summed E-state index contributed by atoms with van der Waals surface area (Å²) in [4.78, 5) is 8.16. The molecule has 0 atom stereocenters. The molecule has 0 saturated heterocycles. The molecule has 106 valence electrons. The number of nitrogens with zero attached hydrogens (tertiary/aromatic N) is 2. The van der Waals surface area contributed by atoms with E-state index in [1.54, 1.807) is 18.2 Å². The number of ether oxygens (including phenoxy) is 1. The lowest BCUT2D eigenvalue weighted by Gasteiger charge is -2.10. The van der Waals surface area contributed by atoms with Crippen LogP contribution < -0.4 is 10.1 Å². The van der Waals surface area contributed by atoms with Crippen LogP contribution in [-0.2, 0) is 0 Å². The van der Waals surface area contributed by atoms with Crippen LogP contribution in [0.1, 0.15) is 0 Å². The maximum Gasteiger partial charge on any atom is 0.149 e. The van der Waals surface area contributed by atoms with E-state index in [2.05, 4.69) is 15.3 Å². The Bertz CT molecular complexity index is 788. The number of anilines is 2. The highest BCUT2D eigenvalue weighted by molar-refractivity contribution is 5.91. The van der Waals surface area contributed by atoms with Gasteiger partial charge in [-0.25, -0.2) is 18.7 Å². The van der Waals surface area contributed by atoms with E-state index < -0.39 is 11.6 Å². The first-order valence-corrected chi connectivity index (χ1v) is 6.19. The second kappa shape index (κ2) is 5.32. The molecule has 1 aromatic heterocycles. The van der Waals surface area contributed by atoms with Crippen LogP contribution in [0.4, 0.5) is 20.3 Å². The van der Waals surface area contributed by atoms with Gasteiger partial charge in [-0.2, -0.15) is 0 Å². The molecule has 0 aliphatic carbocycles. The summed E-state index contributed by atoms with van der Waals surface area (Å²) >= 11 is 0. The topological polar surface area (TPSA) is 47.0 Å². The molecule has 3 aromatic rings. The molecule has 0 amide bonds. The Morgan fingerprint density at radius 3 is 2.52 bits per heavy atom. The van der Waals surface area contributed by atoms with Gasteiger partial charge in [0, 0.05) is 5.39 Å². The lowest BCUT2D eigenvalue weighted by atomic mass is 10.2. The Labute approximate surface area is 119 Å². The molecule has 21 heavy (non-hydrogen) atoms. The Balaban J connectivity index is 2.12. The van der Waals surface area contributed by atoms with Crippen molar-refractivity contribution < 1.29 is 13.5 Å². The van der Waals surface area contributed by atoms with Crippen LogP contribution in [0, 0.1) is 11.6 Å². The minimum Gasteiger partial charge on any atom is -0.497 e. The molecule has 0 aliphatic heterocycles. The molecular weight excluding hydrogens is 276 g/mol. The minimum absolute atomic E-state index is 0.250. The third kappa shape index (κ3) is 2.47. The molecule has 3 rings (SSSR count). The van der Waals surface area contributed by atoms with Crippen molar-refractivity contribution in [1.82, 2.24) is 9.97 Å². The zero-order chi connectivity index (χ0) is 14.8. The molecule has 6 heteroatoms. The van der Waals surface area contributed by atoms with E-state index >= 15 is 0 Å². The van der Waals surface area contributed by atoms with Crippen LogP contribution in [0.5, 0.6) is 5.75 Å². The highest BCUT2D eigenvalue weighted by atomic mass is 19.1. The molecule has 0 spiro atoms. The fourth-order valence-electron chi connectivity index (χ4n) is 2.00. The number of halogens is 2. The number of hydrogen-bond donors (Lipinski definition) is 1. The van der Waals surface area contributed by atoms with E-state index in [4.69, 9.17) is 4.74 Å². The third-order valence-corrected chi connectivity index (χ3v) is 3.05. The molecule has 0 radical (unpaired) electrons. The molecule has 2 aromatic carbocycles. The molecule has 0 bridgehead atoms. The lowest BCUT2D eigenvalue weighted by Crippen LogP contribution is -2.00. The summed E-state index contributed by atoms with van der Waals surface area (Å²) in [5.74, 6) is -0.466. The van der Waals surface area contributed by atoms with Crippen molar-refractivity contribution >= 4 is 22.4 Å². The van der Waals surface area contributed by atoms with Gasteiger partial charge in [0.05, 0.1) is 12.6 Å². The van der Waals surface area contributed by atoms with Gasteiger partial charge in [0.25, 0.3) is 0 Å². The van der Waals surface area contributed by atoms with Gasteiger partial charge in [0.1, 0.15) is 35.2 Å². The van der Waals surface area contributed by atoms with Gasteiger partial charge in [-0.15, -0.1) is 0 Å². The number of nitrogens with one attached hydrogen (secondary N) is 1. The van der Waals surface area contributed by atoms with Gasteiger partial charge >= 0.3 is 0 Å². The Morgan fingerprint density at radius 1 is 1.05 bits per heavy atom. The Kier molecular flexibility index (Phi) is 3.35. The summed E-state index contributed by atoms with van der Waals surface area (Å²) < 4.78 is 32.6. The zero-order valence-electron chi connectivity index (χ0n) is 11.1. The van der Waals surface area contributed by atoms with Crippen LogP contribution in [0.15, 0.2) is 42.7 Å². The van der Waals surface area contributed by atoms with E-state index in [1.807, 2.05) is 0 Å². The van der Waals surface area contributed by atoms with E-state index in [9.17, 15) is 8.78 Å². The number of benzene rings is 2. The number of fused-ring (bicyclic) bond motifs is 1. The molecule has 1 N–H and O–H groups in total. The van der Waals surface area contributed by atoms with Crippen molar-refractivity contribution in [2.75, 3.05) is 12.4 Å². The molecule has 0 aliphatic rings. The molecule has 0 fully saturated rings. The third-order valence-electron chi connectivity index (χ3n) is 3.05. The smallest absolute Gasteiger partial charge is 0.149 e. The van der Waals surface area contributed by atoms with Crippen LogP contribution >= 0.6 is 0 Å². The number of aromatic nitrogens is 2. The summed E-state index contributed by atoms with van der Waals surface area (Å²) in [6.07, 6.45) is 1.33. The van der Waals surface area contributed by atoms with Crippen molar-refractivity contribution in [3.63, 3.8) is 0 Å². The summed E-state index contributed by atoms with van der Waals surface area (Å²) in [6, 6.07) is 8.86. The van der Waals surface area contributed by atoms with Gasteiger partial charge in [0.2, 0.25) is 0 Å². The quantitative estimate of drug-likeness (QED) is 0.798. The van der Waals surface area contributed by atoms with Gasteiger partial charge < -0.3 is 10.1 Å². The standard InChI is InChI=1S/C15H11F2N3O/c1-21-9-5-6-13-10(7-9)15(19-8-18-13)20-14-11(16)3-2-4-12(14)17/h2-8H,1H3,(H,18,19,20). The van der Waals surface area contributed by atoms with Gasteiger partial charge in [0.15, 0.2) is 0 Å². The van der Waals surface area contributed by atoms with E-state index in [0.29, 0.717) is 22.5 Å². The minimum atomic E-state index is -0.690. The van der Waals surface area contributed by atoms with E-state index in [-0.39, 0.29) is 5.69 Å². The molecule has 4 nitrogen and oxygen atoms in total.